The number of para-hydroxylation sites is 2. The van der Waals surface area contributed by atoms with Gasteiger partial charge >= 0.3 is 5.97 Å². The first-order chi connectivity index (χ1) is 15.9. The molecule has 1 aliphatic rings. The molecule has 0 bridgehead atoms. The molecule has 2 N–H and O–H groups in total. The van der Waals surface area contributed by atoms with Crippen LogP contribution in [0.1, 0.15) is 46.8 Å². The molecule has 1 amide bonds. The number of aromatic amines is 1. The number of rotatable bonds is 8. The predicted octanol–water partition coefficient (Wildman–Crippen LogP) is 4.47. The normalized spacial score (nSPS) is 13.1. The topological polar surface area (TPSA) is 103 Å². The number of methoxy groups -OCH3 is 2. The largest absolute Gasteiger partial charge is 0.496 e. The summed E-state index contributed by atoms with van der Waals surface area (Å²) in [6.07, 6.45) is 3.44. The first kappa shape index (κ1) is 22.4. The molecule has 0 atom stereocenters. The van der Waals surface area contributed by atoms with Crippen molar-refractivity contribution in [3.63, 3.8) is 0 Å². The number of fused-ring (bicyclic) bond motifs is 2. The number of aromatic nitrogens is 2. The summed E-state index contributed by atoms with van der Waals surface area (Å²) in [5.41, 5.74) is 5.68. The molecular formula is C25H27N3O5. The maximum absolute atomic E-state index is 12.4. The van der Waals surface area contributed by atoms with Gasteiger partial charge in [-0.1, -0.05) is 23.8 Å². The highest BCUT2D eigenvalue weighted by Crippen LogP contribution is 2.42. The second kappa shape index (κ2) is 9.36. The Kier molecular flexibility index (Phi) is 6.35. The van der Waals surface area contributed by atoms with Gasteiger partial charge in [0.2, 0.25) is 11.9 Å². The third kappa shape index (κ3) is 4.41. The van der Waals surface area contributed by atoms with Gasteiger partial charge in [0, 0.05) is 17.5 Å². The molecule has 0 fully saturated rings. The Hall–Kier alpha value is -3.81. The van der Waals surface area contributed by atoms with Gasteiger partial charge in [-0.3, -0.25) is 10.1 Å². The molecule has 2 heterocycles. The lowest BCUT2D eigenvalue weighted by Gasteiger charge is -2.18. The number of amides is 1. The Morgan fingerprint density at radius 3 is 2.70 bits per heavy atom. The number of nitrogens with zero attached hydrogens (tertiary/aromatic N) is 1. The molecule has 1 aliphatic heterocycles. The molecule has 2 aromatic carbocycles. The molecule has 8 nitrogen and oxygen atoms in total. The SMILES string of the molecule is COc1c(C)c2c(c(OC)c1CC=C(C)CCC(=O)Nc1nc3ccccc3[nH]1)C(=O)OC2. The number of imidazole rings is 1. The highest BCUT2D eigenvalue weighted by atomic mass is 16.5. The number of esters is 1. The van der Waals surface area contributed by atoms with Crippen LogP contribution in [0.3, 0.4) is 0 Å². The number of anilines is 1. The van der Waals surface area contributed by atoms with E-state index >= 15 is 0 Å². The van der Waals surface area contributed by atoms with E-state index < -0.39 is 0 Å². The van der Waals surface area contributed by atoms with Crippen LogP contribution in [-0.2, 0) is 22.6 Å². The van der Waals surface area contributed by atoms with Crippen molar-refractivity contribution in [2.75, 3.05) is 19.5 Å². The zero-order valence-electron chi connectivity index (χ0n) is 19.2. The van der Waals surface area contributed by atoms with Crippen LogP contribution >= 0.6 is 0 Å². The molecule has 0 saturated heterocycles. The summed E-state index contributed by atoms with van der Waals surface area (Å²) in [6, 6.07) is 7.61. The standard InChI is InChI=1S/C25H27N3O5/c1-14(10-12-20(29)28-25-26-18-7-5-6-8-19(18)27-25)9-11-16-22(31-3)15(2)17-13-33-24(30)21(17)23(16)32-4/h5-9H,10-13H2,1-4H3,(H2,26,27,28,29). The summed E-state index contributed by atoms with van der Waals surface area (Å²) in [6.45, 7) is 4.12. The van der Waals surface area contributed by atoms with Gasteiger partial charge in [0.25, 0.3) is 0 Å². The molecule has 0 unspecified atom stereocenters. The second-order valence-corrected chi connectivity index (χ2v) is 8.01. The highest BCUT2D eigenvalue weighted by Gasteiger charge is 2.32. The first-order valence-electron chi connectivity index (χ1n) is 10.8. The van der Waals surface area contributed by atoms with Gasteiger partial charge in [-0.05, 0) is 44.4 Å². The van der Waals surface area contributed by atoms with E-state index in [2.05, 4.69) is 15.3 Å². The minimum absolute atomic E-state index is 0.118. The monoisotopic (exact) mass is 449 g/mol. The second-order valence-electron chi connectivity index (χ2n) is 8.01. The van der Waals surface area contributed by atoms with Crippen LogP contribution in [0, 0.1) is 6.92 Å². The van der Waals surface area contributed by atoms with Gasteiger partial charge in [0.15, 0.2) is 0 Å². The number of nitrogens with one attached hydrogen (secondary N) is 2. The van der Waals surface area contributed by atoms with Crippen molar-refractivity contribution < 1.29 is 23.8 Å². The average Bonchev–Trinajstić information content (AvgIpc) is 3.39. The van der Waals surface area contributed by atoms with Gasteiger partial charge in [0.05, 0.1) is 25.3 Å². The number of benzene rings is 2. The Morgan fingerprint density at radius 1 is 1.21 bits per heavy atom. The molecule has 8 heteroatoms. The summed E-state index contributed by atoms with van der Waals surface area (Å²) in [5.74, 6) is 1.12. The maximum atomic E-state index is 12.4. The first-order valence-corrected chi connectivity index (χ1v) is 10.8. The summed E-state index contributed by atoms with van der Waals surface area (Å²) < 4.78 is 16.5. The number of H-pyrrole nitrogens is 1. The van der Waals surface area contributed by atoms with Crippen LogP contribution in [0.25, 0.3) is 11.0 Å². The van der Waals surface area contributed by atoms with Gasteiger partial charge < -0.3 is 19.2 Å². The van der Waals surface area contributed by atoms with Crippen molar-refractivity contribution >= 4 is 28.9 Å². The van der Waals surface area contributed by atoms with Crippen LogP contribution in [-0.4, -0.2) is 36.1 Å². The van der Waals surface area contributed by atoms with Crippen LogP contribution in [0.5, 0.6) is 11.5 Å². The fourth-order valence-electron chi connectivity index (χ4n) is 4.13. The number of carbonyl (C=O) groups excluding carboxylic acids is 2. The molecule has 0 saturated carbocycles. The van der Waals surface area contributed by atoms with Crippen molar-refractivity contribution in [2.45, 2.75) is 39.7 Å². The van der Waals surface area contributed by atoms with Crippen molar-refractivity contribution in [1.29, 1.82) is 0 Å². The molecular weight excluding hydrogens is 422 g/mol. The lowest BCUT2D eigenvalue weighted by molar-refractivity contribution is -0.116. The Labute approximate surface area is 191 Å². The number of ether oxygens (including phenoxy) is 3. The lowest BCUT2D eigenvalue weighted by Crippen LogP contribution is -2.12. The van der Waals surface area contributed by atoms with Crippen molar-refractivity contribution in [3.05, 3.63) is 58.2 Å². The van der Waals surface area contributed by atoms with E-state index in [9.17, 15) is 9.59 Å². The number of allylic oxidation sites excluding steroid dienone is 2. The third-order valence-corrected chi connectivity index (χ3v) is 5.88. The minimum atomic E-state index is -0.378. The Bertz CT molecular complexity index is 1230. The van der Waals surface area contributed by atoms with Gasteiger partial charge in [-0.2, -0.15) is 0 Å². The molecule has 3 aromatic rings. The fourth-order valence-corrected chi connectivity index (χ4v) is 4.13. The minimum Gasteiger partial charge on any atom is -0.496 e. The van der Waals surface area contributed by atoms with Crippen LogP contribution in [0.2, 0.25) is 0 Å². The Balaban J connectivity index is 1.44. The smallest absolute Gasteiger partial charge is 0.342 e. The number of hydrogen-bond donors (Lipinski definition) is 2. The third-order valence-electron chi connectivity index (χ3n) is 5.88. The van der Waals surface area contributed by atoms with Crippen LogP contribution in [0.15, 0.2) is 35.9 Å². The van der Waals surface area contributed by atoms with E-state index in [1.165, 1.54) is 0 Å². The summed E-state index contributed by atoms with van der Waals surface area (Å²) in [4.78, 5) is 32.1. The van der Waals surface area contributed by atoms with E-state index in [4.69, 9.17) is 14.2 Å². The van der Waals surface area contributed by atoms with Gasteiger partial charge in [0.1, 0.15) is 23.7 Å². The van der Waals surface area contributed by atoms with Crippen LogP contribution in [0.4, 0.5) is 5.95 Å². The molecule has 33 heavy (non-hydrogen) atoms. The van der Waals surface area contributed by atoms with Crippen LogP contribution < -0.4 is 14.8 Å². The number of hydrogen-bond acceptors (Lipinski definition) is 6. The predicted molar refractivity (Wildman–Crippen MR) is 125 cm³/mol. The van der Waals surface area contributed by atoms with Gasteiger partial charge in [-0.25, -0.2) is 9.78 Å². The molecule has 1 aromatic heterocycles. The fraction of sp³-hybridized carbons (Fsp3) is 0.320. The molecule has 0 spiro atoms. The lowest BCUT2D eigenvalue weighted by atomic mass is 9.94. The molecule has 4 rings (SSSR count). The van der Waals surface area contributed by atoms with Crippen molar-refractivity contribution in [2.24, 2.45) is 0 Å². The molecule has 172 valence electrons. The quantitative estimate of drug-likeness (QED) is 0.389. The molecule has 0 aliphatic carbocycles. The van der Waals surface area contributed by atoms with E-state index in [-0.39, 0.29) is 18.5 Å². The summed E-state index contributed by atoms with van der Waals surface area (Å²) >= 11 is 0. The zero-order chi connectivity index (χ0) is 23.5. The van der Waals surface area contributed by atoms with Crippen molar-refractivity contribution in [3.8, 4) is 11.5 Å². The maximum Gasteiger partial charge on any atom is 0.342 e. The Morgan fingerprint density at radius 2 is 1.97 bits per heavy atom. The van der Waals surface area contributed by atoms with E-state index in [1.807, 2.05) is 44.2 Å². The zero-order valence-corrected chi connectivity index (χ0v) is 19.2. The van der Waals surface area contributed by atoms with Crippen molar-refractivity contribution in [1.82, 2.24) is 9.97 Å². The number of cyclic esters (lactones) is 1. The summed E-state index contributed by atoms with van der Waals surface area (Å²) in [5, 5.41) is 2.81. The van der Waals surface area contributed by atoms with E-state index in [1.54, 1.807) is 14.2 Å². The average molecular weight is 450 g/mol. The van der Waals surface area contributed by atoms with Gasteiger partial charge in [-0.15, -0.1) is 0 Å². The number of carbonyl (C=O) groups is 2. The highest BCUT2D eigenvalue weighted by molar-refractivity contribution is 5.98. The van der Waals surface area contributed by atoms with E-state index in [0.29, 0.717) is 42.3 Å². The molecule has 0 radical (unpaired) electrons. The van der Waals surface area contributed by atoms with E-state index in [0.717, 1.165) is 33.3 Å². The summed E-state index contributed by atoms with van der Waals surface area (Å²) in [7, 11) is 3.15.